The Hall–Kier alpha value is -1.95. The van der Waals surface area contributed by atoms with Crippen LogP contribution in [0.5, 0.6) is 0 Å². The van der Waals surface area contributed by atoms with E-state index in [1.165, 1.54) is 50.6 Å². The van der Waals surface area contributed by atoms with E-state index in [0.29, 0.717) is 18.6 Å². The highest BCUT2D eigenvalue weighted by molar-refractivity contribution is 6.02. The van der Waals surface area contributed by atoms with Crippen molar-refractivity contribution in [3.05, 3.63) is 35.6 Å². The number of carbonyl (C=O) groups is 2. The third kappa shape index (κ3) is 4.12. The minimum absolute atomic E-state index is 0.104. The van der Waals surface area contributed by atoms with Gasteiger partial charge in [-0.25, -0.2) is 9.18 Å². The summed E-state index contributed by atoms with van der Waals surface area (Å²) in [6.45, 7) is 2.77. The molecular formula is C18H24FN2O3+. The average molecular weight is 335 g/mol. The van der Waals surface area contributed by atoms with Crippen LogP contribution in [0.25, 0.3) is 0 Å². The number of imide groups is 1. The zero-order valence-electron chi connectivity index (χ0n) is 13.7. The molecule has 2 aliphatic rings. The van der Waals surface area contributed by atoms with Gasteiger partial charge >= 0.3 is 6.09 Å². The zero-order chi connectivity index (χ0) is 16.9. The summed E-state index contributed by atoms with van der Waals surface area (Å²) in [6, 6.07) is 5.79. The normalized spacial score (nSPS) is 26.3. The molecule has 2 saturated heterocycles. The number of benzene rings is 1. The first-order valence-corrected chi connectivity index (χ1v) is 8.72. The van der Waals surface area contributed by atoms with Gasteiger partial charge in [0.05, 0.1) is 19.1 Å². The molecule has 0 bridgehead atoms. The Morgan fingerprint density at radius 1 is 1.21 bits per heavy atom. The molecule has 3 atom stereocenters. The number of halogens is 1. The Morgan fingerprint density at radius 3 is 2.88 bits per heavy atom. The first kappa shape index (κ1) is 16.9. The van der Waals surface area contributed by atoms with Gasteiger partial charge in [-0.3, -0.25) is 10.1 Å². The lowest BCUT2D eigenvalue weighted by molar-refractivity contribution is -0.940. The molecule has 0 aromatic heterocycles. The molecule has 1 aromatic carbocycles. The van der Waals surface area contributed by atoms with Crippen molar-refractivity contribution in [1.82, 2.24) is 5.32 Å². The van der Waals surface area contributed by atoms with Gasteiger partial charge in [-0.15, -0.1) is 0 Å². The van der Waals surface area contributed by atoms with Crippen LogP contribution in [-0.4, -0.2) is 37.7 Å². The predicted octanol–water partition coefficient (Wildman–Crippen LogP) is 1.54. The third-order valence-electron chi connectivity index (χ3n) is 5.16. The van der Waals surface area contributed by atoms with Crippen LogP contribution in [0.15, 0.2) is 24.3 Å². The minimum Gasteiger partial charge on any atom is -0.449 e. The number of nitrogens with one attached hydrogen (secondary N) is 2. The molecule has 0 saturated carbocycles. The minimum atomic E-state index is -0.757. The second kappa shape index (κ2) is 7.75. The number of rotatable bonds is 3. The SMILES string of the molecule is O=C(NC(=O)c1cccc(F)c1)OC[C@@H]1CCC[NH+]2CCCC[C@@H]12. The van der Waals surface area contributed by atoms with Crippen molar-refractivity contribution in [2.45, 2.75) is 38.1 Å². The van der Waals surface area contributed by atoms with Gasteiger partial charge in [-0.1, -0.05) is 6.07 Å². The maximum absolute atomic E-state index is 13.1. The van der Waals surface area contributed by atoms with Crippen LogP contribution in [-0.2, 0) is 4.74 Å². The summed E-state index contributed by atoms with van der Waals surface area (Å²) in [5, 5.41) is 2.16. The number of hydrogen-bond donors (Lipinski definition) is 2. The van der Waals surface area contributed by atoms with E-state index in [9.17, 15) is 14.0 Å². The van der Waals surface area contributed by atoms with Crippen LogP contribution in [0.3, 0.4) is 0 Å². The fourth-order valence-corrected chi connectivity index (χ4v) is 3.99. The Bertz CT molecular complexity index is 606. The van der Waals surface area contributed by atoms with Crippen LogP contribution in [0, 0.1) is 11.7 Å². The summed E-state index contributed by atoms with van der Waals surface area (Å²) >= 11 is 0. The van der Waals surface area contributed by atoms with Gasteiger partial charge in [-0.05, 0) is 50.3 Å². The number of amides is 2. The van der Waals surface area contributed by atoms with Crippen molar-refractivity contribution in [2.75, 3.05) is 19.7 Å². The summed E-state index contributed by atoms with van der Waals surface area (Å²) in [5.41, 5.74) is 0.104. The van der Waals surface area contributed by atoms with Gasteiger partial charge in [0.15, 0.2) is 0 Å². The van der Waals surface area contributed by atoms with E-state index in [4.69, 9.17) is 4.74 Å². The highest BCUT2D eigenvalue weighted by Crippen LogP contribution is 2.20. The van der Waals surface area contributed by atoms with Crippen molar-refractivity contribution in [3.63, 3.8) is 0 Å². The number of alkyl carbamates (subject to hydrolysis) is 1. The van der Waals surface area contributed by atoms with E-state index in [0.717, 1.165) is 18.9 Å². The molecule has 24 heavy (non-hydrogen) atoms. The standard InChI is InChI=1S/C18H23FN2O3/c19-15-7-3-5-13(11-15)17(22)20-18(23)24-12-14-6-4-10-21-9-2-1-8-16(14)21/h3,5,7,11,14,16H,1-2,4,6,8-10,12H2,(H,20,22,23)/p+1/t14-,16-/m0/s1. The highest BCUT2D eigenvalue weighted by Gasteiger charge is 2.37. The Morgan fingerprint density at radius 2 is 2.04 bits per heavy atom. The zero-order valence-corrected chi connectivity index (χ0v) is 13.7. The van der Waals surface area contributed by atoms with Gasteiger partial charge in [0, 0.05) is 11.5 Å². The van der Waals surface area contributed by atoms with Gasteiger partial charge in [-0.2, -0.15) is 0 Å². The lowest BCUT2D eigenvalue weighted by Gasteiger charge is -2.40. The Kier molecular flexibility index (Phi) is 5.45. The van der Waals surface area contributed by atoms with Crippen LogP contribution >= 0.6 is 0 Å². The molecule has 0 spiro atoms. The van der Waals surface area contributed by atoms with E-state index < -0.39 is 17.8 Å². The molecule has 2 fully saturated rings. The van der Waals surface area contributed by atoms with Gasteiger partial charge in [0.25, 0.3) is 5.91 Å². The van der Waals surface area contributed by atoms with E-state index in [2.05, 4.69) is 5.32 Å². The summed E-state index contributed by atoms with van der Waals surface area (Å²) in [6.07, 6.45) is 5.18. The number of piperidine rings is 2. The van der Waals surface area contributed by atoms with Crippen LogP contribution in [0.2, 0.25) is 0 Å². The quantitative estimate of drug-likeness (QED) is 0.881. The van der Waals surface area contributed by atoms with Crippen molar-refractivity contribution in [1.29, 1.82) is 0 Å². The number of carbonyl (C=O) groups excluding carboxylic acids is 2. The molecule has 1 aromatic rings. The van der Waals surface area contributed by atoms with Gasteiger partial charge in [0.2, 0.25) is 0 Å². The smallest absolute Gasteiger partial charge is 0.414 e. The Labute approximate surface area is 141 Å². The first-order chi connectivity index (χ1) is 11.6. The maximum atomic E-state index is 13.1. The fourth-order valence-electron chi connectivity index (χ4n) is 3.99. The maximum Gasteiger partial charge on any atom is 0.414 e. The molecule has 6 heteroatoms. The van der Waals surface area contributed by atoms with Crippen molar-refractivity contribution >= 4 is 12.0 Å². The first-order valence-electron chi connectivity index (χ1n) is 8.72. The molecular weight excluding hydrogens is 311 g/mol. The molecule has 5 nitrogen and oxygen atoms in total. The molecule has 0 aliphatic carbocycles. The predicted molar refractivity (Wildman–Crippen MR) is 86.3 cm³/mol. The van der Waals surface area contributed by atoms with Gasteiger partial charge < -0.3 is 9.64 Å². The van der Waals surface area contributed by atoms with Crippen molar-refractivity contribution in [3.8, 4) is 0 Å². The van der Waals surface area contributed by atoms with Gasteiger partial charge in [0.1, 0.15) is 12.4 Å². The number of hydrogen-bond acceptors (Lipinski definition) is 3. The summed E-state index contributed by atoms with van der Waals surface area (Å²) < 4.78 is 18.4. The lowest BCUT2D eigenvalue weighted by Crippen LogP contribution is -3.18. The molecule has 2 N–H and O–H groups in total. The monoisotopic (exact) mass is 335 g/mol. The number of fused-ring (bicyclic) bond motifs is 1. The molecule has 2 amide bonds. The van der Waals surface area contributed by atoms with Crippen LogP contribution in [0.1, 0.15) is 42.5 Å². The Balaban J connectivity index is 1.49. The molecule has 2 aliphatic heterocycles. The van der Waals surface area contributed by atoms with E-state index >= 15 is 0 Å². The van der Waals surface area contributed by atoms with Crippen molar-refractivity contribution in [2.24, 2.45) is 5.92 Å². The average Bonchev–Trinajstić information content (AvgIpc) is 2.60. The number of ether oxygens (including phenoxy) is 1. The van der Waals surface area contributed by atoms with Crippen molar-refractivity contribution < 1.29 is 23.6 Å². The van der Waals surface area contributed by atoms with E-state index in [1.54, 1.807) is 4.90 Å². The second-order valence-electron chi connectivity index (χ2n) is 6.73. The second-order valence-corrected chi connectivity index (χ2v) is 6.73. The topological polar surface area (TPSA) is 59.8 Å². The largest absolute Gasteiger partial charge is 0.449 e. The van der Waals surface area contributed by atoms with Crippen LogP contribution in [0.4, 0.5) is 9.18 Å². The molecule has 2 heterocycles. The van der Waals surface area contributed by atoms with Crippen LogP contribution < -0.4 is 10.2 Å². The summed E-state index contributed by atoms with van der Waals surface area (Å²) in [4.78, 5) is 25.4. The third-order valence-corrected chi connectivity index (χ3v) is 5.16. The molecule has 0 radical (unpaired) electrons. The molecule has 3 rings (SSSR count). The van der Waals surface area contributed by atoms with E-state index in [1.807, 2.05) is 0 Å². The fraction of sp³-hybridized carbons (Fsp3) is 0.556. The summed E-state index contributed by atoms with van der Waals surface area (Å²) in [5.74, 6) is -0.796. The van der Waals surface area contributed by atoms with E-state index in [-0.39, 0.29) is 5.56 Å². The highest BCUT2D eigenvalue weighted by atomic mass is 19.1. The molecule has 1 unspecified atom stereocenters. The molecule has 130 valence electrons. The summed E-state index contributed by atoms with van der Waals surface area (Å²) in [7, 11) is 0. The lowest BCUT2D eigenvalue weighted by atomic mass is 9.84. The number of quaternary nitrogens is 1.